The Bertz CT molecular complexity index is 539. The van der Waals surface area contributed by atoms with Crippen LogP contribution in [-0.4, -0.2) is 30.0 Å². The van der Waals surface area contributed by atoms with E-state index in [0.29, 0.717) is 18.2 Å². The number of nitrogens with two attached hydrogens (primary N) is 1. The van der Waals surface area contributed by atoms with Crippen molar-refractivity contribution in [2.45, 2.75) is 25.8 Å². The second kappa shape index (κ2) is 7.37. The molecule has 1 heterocycles. The van der Waals surface area contributed by atoms with Gasteiger partial charge in [0.25, 0.3) is 5.91 Å². The van der Waals surface area contributed by atoms with Gasteiger partial charge in [0, 0.05) is 22.9 Å². The lowest BCUT2D eigenvalue weighted by atomic mass is 10.0. The van der Waals surface area contributed by atoms with Crippen LogP contribution in [0.3, 0.4) is 0 Å². The van der Waals surface area contributed by atoms with Crippen molar-refractivity contribution in [2.75, 3.05) is 18.1 Å². The van der Waals surface area contributed by atoms with E-state index in [1.165, 1.54) is 12.2 Å². The van der Waals surface area contributed by atoms with Crippen LogP contribution in [0.4, 0.5) is 0 Å². The van der Waals surface area contributed by atoms with Crippen molar-refractivity contribution in [1.82, 2.24) is 5.32 Å². The zero-order valence-corrected chi connectivity index (χ0v) is 12.6. The van der Waals surface area contributed by atoms with E-state index in [1.807, 2.05) is 36.9 Å². The largest absolute Gasteiger partial charge is 0.348 e. The Labute approximate surface area is 124 Å². The van der Waals surface area contributed by atoms with Gasteiger partial charge in [0.2, 0.25) is 0 Å². The Hall–Kier alpha value is -1.44. The van der Waals surface area contributed by atoms with Crippen molar-refractivity contribution in [3.8, 4) is 11.8 Å². The summed E-state index contributed by atoms with van der Waals surface area (Å²) in [5, 5.41) is 3.11. The highest BCUT2D eigenvalue weighted by Gasteiger charge is 2.17. The highest BCUT2D eigenvalue weighted by Crippen LogP contribution is 2.17. The van der Waals surface area contributed by atoms with Gasteiger partial charge < -0.3 is 11.1 Å². The van der Waals surface area contributed by atoms with Crippen molar-refractivity contribution in [2.24, 2.45) is 5.73 Å². The fraction of sp³-hybridized carbons (Fsp3) is 0.438. The summed E-state index contributed by atoms with van der Waals surface area (Å²) in [6.07, 6.45) is 2.25. The van der Waals surface area contributed by atoms with Gasteiger partial charge in [-0.15, -0.1) is 0 Å². The van der Waals surface area contributed by atoms with Gasteiger partial charge in [-0.3, -0.25) is 4.79 Å². The highest BCUT2D eigenvalue weighted by atomic mass is 32.2. The molecule has 1 amide bonds. The average molecular weight is 288 g/mol. The van der Waals surface area contributed by atoms with E-state index in [0.717, 1.165) is 23.3 Å². The number of carbonyl (C=O) groups excluding carboxylic acids is 1. The molecule has 1 fully saturated rings. The summed E-state index contributed by atoms with van der Waals surface area (Å²) in [5.74, 6) is 8.06. The highest BCUT2D eigenvalue weighted by molar-refractivity contribution is 7.99. The van der Waals surface area contributed by atoms with E-state index in [2.05, 4.69) is 17.2 Å². The first kappa shape index (κ1) is 15.0. The third-order valence-electron chi connectivity index (χ3n) is 3.32. The van der Waals surface area contributed by atoms with Gasteiger partial charge >= 0.3 is 0 Å². The lowest BCUT2D eigenvalue weighted by molar-refractivity contribution is 0.0938. The molecule has 2 rings (SSSR count). The standard InChI is InChI=1S/C16H20N2OS/c1-12-6-7-14(10-13(12)4-2-8-17)16(19)18-15-5-3-9-20-11-15/h6-7,10,15H,3,5,8-9,11,17H2,1H3,(H,18,19). The third-order valence-corrected chi connectivity index (χ3v) is 4.54. The molecule has 1 aliphatic rings. The minimum absolute atomic E-state index is 0.00621. The predicted octanol–water partition coefficient (Wildman–Crippen LogP) is 1.93. The molecule has 1 unspecified atom stereocenters. The number of benzene rings is 1. The van der Waals surface area contributed by atoms with Crippen LogP contribution in [0.2, 0.25) is 0 Å². The summed E-state index contributed by atoms with van der Waals surface area (Å²) >= 11 is 1.91. The summed E-state index contributed by atoms with van der Waals surface area (Å²) < 4.78 is 0. The van der Waals surface area contributed by atoms with E-state index >= 15 is 0 Å². The van der Waals surface area contributed by atoms with Crippen molar-refractivity contribution in [3.05, 3.63) is 34.9 Å². The van der Waals surface area contributed by atoms with Crippen LogP contribution in [-0.2, 0) is 0 Å². The normalized spacial score (nSPS) is 18.0. The molecule has 106 valence electrons. The molecule has 4 heteroatoms. The molecule has 0 saturated carbocycles. The molecule has 0 spiro atoms. The monoisotopic (exact) mass is 288 g/mol. The molecular formula is C16H20N2OS. The molecule has 1 aromatic carbocycles. The number of rotatable bonds is 2. The van der Waals surface area contributed by atoms with Crippen molar-refractivity contribution < 1.29 is 4.79 Å². The van der Waals surface area contributed by atoms with Gasteiger partial charge in [-0.25, -0.2) is 0 Å². The minimum atomic E-state index is -0.00621. The van der Waals surface area contributed by atoms with Gasteiger partial charge in [0.15, 0.2) is 0 Å². The van der Waals surface area contributed by atoms with Crippen LogP contribution < -0.4 is 11.1 Å². The molecule has 0 radical (unpaired) electrons. The first-order chi connectivity index (χ1) is 9.70. The molecule has 3 nitrogen and oxygen atoms in total. The lowest BCUT2D eigenvalue weighted by Gasteiger charge is -2.22. The second-order valence-electron chi connectivity index (χ2n) is 4.92. The van der Waals surface area contributed by atoms with Crippen LogP contribution in [0.15, 0.2) is 18.2 Å². The Morgan fingerprint density at radius 2 is 2.40 bits per heavy atom. The molecule has 1 aliphatic heterocycles. The summed E-state index contributed by atoms with van der Waals surface area (Å²) in [4.78, 5) is 12.3. The molecule has 0 aliphatic carbocycles. The van der Waals surface area contributed by atoms with Crippen molar-refractivity contribution in [1.29, 1.82) is 0 Å². The molecule has 1 aromatic rings. The van der Waals surface area contributed by atoms with Crippen LogP contribution in [0, 0.1) is 18.8 Å². The predicted molar refractivity (Wildman–Crippen MR) is 84.9 cm³/mol. The van der Waals surface area contributed by atoms with Crippen molar-refractivity contribution >= 4 is 17.7 Å². The zero-order valence-electron chi connectivity index (χ0n) is 11.7. The van der Waals surface area contributed by atoms with Crippen LogP contribution in [0.25, 0.3) is 0 Å². The summed E-state index contributed by atoms with van der Waals surface area (Å²) in [6.45, 7) is 2.31. The van der Waals surface area contributed by atoms with E-state index in [-0.39, 0.29) is 5.91 Å². The van der Waals surface area contributed by atoms with Gasteiger partial charge in [-0.05, 0) is 43.2 Å². The summed E-state index contributed by atoms with van der Waals surface area (Å²) in [6, 6.07) is 5.93. The first-order valence-electron chi connectivity index (χ1n) is 6.89. The SMILES string of the molecule is Cc1ccc(C(=O)NC2CCCSC2)cc1C#CCN. The van der Waals surface area contributed by atoms with Crippen molar-refractivity contribution in [3.63, 3.8) is 0 Å². The molecule has 20 heavy (non-hydrogen) atoms. The van der Waals surface area contributed by atoms with E-state index < -0.39 is 0 Å². The van der Waals surface area contributed by atoms with Crippen LogP contribution in [0.1, 0.15) is 34.3 Å². The Kier molecular flexibility index (Phi) is 5.51. The fourth-order valence-corrected chi connectivity index (χ4v) is 3.24. The summed E-state index contributed by atoms with van der Waals surface area (Å²) in [7, 11) is 0. The number of nitrogens with one attached hydrogen (secondary N) is 1. The molecule has 3 N–H and O–H groups in total. The smallest absolute Gasteiger partial charge is 0.251 e. The molecule has 0 bridgehead atoms. The first-order valence-corrected chi connectivity index (χ1v) is 8.04. The van der Waals surface area contributed by atoms with Gasteiger partial charge in [0.1, 0.15) is 0 Å². The van der Waals surface area contributed by atoms with Crippen LogP contribution >= 0.6 is 11.8 Å². The van der Waals surface area contributed by atoms with Gasteiger partial charge in [-0.2, -0.15) is 11.8 Å². The lowest BCUT2D eigenvalue weighted by Crippen LogP contribution is -2.38. The second-order valence-corrected chi connectivity index (χ2v) is 6.07. The number of carbonyl (C=O) groups is 1. The maximum atomic E-state index is 12.3. The number of hydrogen-bond donors (Lipinski definition) is 2. The quantitative estimate of drug-likeness (QED) is 0.818. The zero-order chi connectivity index (χ0) is 14.4. The molecule has 1 saturated heterocycles. The summed E-state index contributed by atoms with van der Waals surface area (Å²) in [5.41, 5.74) is 8.01. The van der Waals surface area contributed by atoms with E-state index in [9.17, 15) is 4.79 Å². The maximum Gasteiger partial charge on any atom is 0.251 e. The van der Waals surface area contributed by atoms with Gasteiger partial charge in [-0.1, -0.05) is 17.9 Å². The fourth-order valence-electron chi connectivity index (χ4n) is 2.17. The molecule has 1 atom stereocenters. The molecular weight excluding hydrogens is 268 g/mol. The number of thioether (sulfide) groups is 1. The third kappa shape index (κ3) is 4.03. The minimum Gasteiger partial charge on any atom is -0.348 e. The van der Waals surface area contributed by atoms with E-state index in [4.69, 9.17) is 5.73 Å². The maximum absolute atomic E-state index is 12.3. The van der Waals surface area contributed by atoms with Crippen LogP contribution in [0.5, 0.6) is 0 Å². The number of amides is 1. The Morgan fingerprint density at radius 1 is 1.55 bits per heavy atom. The van der Waals surface area contributed by atoms with E-state index in [1.54, 1.807) is 0 Å². The molecule has 0 aromatic heterocycles. The Morgan fingerprint density at radius 3 is 3.10 bits per heavy atom. The average Bonchev–Trinajstić information content (AvgIpc) is 2.47. The Balaban J connectivity index is 2.09. The van der Waals surface area contributed by atoms with Gasteiger partial charge in [0.05, 0.1) is 6.54 Å². The topological polar surface area (TPSA) is 55.1 Å². The number of aryl methyl sites for hydroxylation is 1. The number of hydrogen-bond acceptors (Lipinski definition) is 3.